The van der Waals surface area contributed by atoms with Crippen LogP contribution in [0.25, 0.3) is 0 Å². The molecule has 1 saturated carbocycles. The summed E-state index contributed by atoms with van der Waals surface area (Å²) in [6, 6.07) is 5.38. The summed E-state index contributed by atoms with van der Waals surface area (Å²) in [6.45, 7) is 3.05. The van der Waals surface area contributed by atoms with Gasteiger partial charge in [-0.15, -0.1) is 0 Å². The highest BCUT2D eigenvalue weighted by molar-refractivity contribution is 6.30. The lowest BCUT2D eigenvalue weighted by Gasteiger charge is -2.21. The van der Waals surface area contributed by atoms with Crippen LogP contribution in [0.15, 0.2) is 18.2 Å². The van der Waals surface area contributed by atoms with E-state index in [1.165, 1.54) is 31.7 Å². The van der Waals surface area contributed by atoms with Crippen LogP contribution in [-0.2, 0) is 6.42 Å². The van der Waals surface area contributed by atoms with E-state index >= 15 is 0 Å². The Hall–Kier alpha value is -0.600. The van der Waals surface area contributed by atoms with Crippen LogP contribution in [0, 0.1) is 11.7 Å². The smallest absolute Gasteiger partial charge is 0.127 e. The Morgan fingerprint density at radius 1 is 1.37 bits per heavy atom. The van der Waals surface area contributed by atoms with E-state index in [-0.39, 0.29) is 5.82 Å². The maximum absolute atomic E-state index is 13.9. The molecule has 19 heavy (non-hydrogen) atoms. The molecule has 0 aliphatic heterocycles. The third kappa shape index (κ3) is 4.47. The third-order valence-corrected chi connectivity index (χ3v) is 4.30. The van der Waals surface area contributed by atoms with Crippen LogP contribution < -0.4 is 5.32 Å². The van der Waals surface area contributed by atoms with Gasteiger partial charge in [0.25, 0.3) is 0 Å². The first-order valence-corrected chi connectivity index (χ1v) is 7.74. The molecule has 1 N–H and O–H groups in total. The Balaban J connectivity index is 1.98. The minimum Gasteiger partial charge on any atom is -0.314 e. The van der Waals surface area contributed by atoms with Gasteiger partial charge in [0.05, 0.1) is 0 Å². The van der Waals surface area contributed by atoms with E-state index in [4.69, 9.17) is 11.6 Å². The van der Waals surface area contributed by atoms with Crippen molar-refractivity contribution in [1.82, 2.24) is 5.32 Å². The zero-order chi connectivity index (χ0) is 13.7. The lowest BCUT2D eigenvalue weighted by Crippen LogP contribution is -2.33. The van der Waals surface area contributed by atoms with Crippen molar-refractivity contribution in [2.45, 2.75) is 51.5 Å². The van der Waals surface area contributed by atoms with Crippen molar-refractivity contribution in [2.75, 3.05) is 6.54 Å². The highest BCUT2D eigenvalue weighted by atomic mass is 35.5. The lowest BCUT2D eigenvalue weighted by molar-refractivity contribution is 0.387. The van der Waals surface area contributed by atoms with Gasteiger partial charge in [0.2, 0.25) is 0 Å². The second-order valence-electron chi connectivity index (χ2n) is 5.58. The Labute approximate surface area is 120 Å². The molecule has 1 aliphatic carbocycles. The largest absolute Gasteiger partial charge is 0.314 e. The van der Waals surface area contributed by atoms with Crippen molar-refractivity contribution in [3.63, 3.8) is 0 Å². The number of hydrogen-bond acceptors (Lipinski definition) is 1. The van der Waals surface area contributed by atoms with Crippen LogP contribution in [0.5, 0.6) is 0 Å². The van der Waals surface area contributed by atoms with E-state index in [1.54, 1.807) is 6.07 Å². The van der Waals surface area contributed by atoms with Crippen LogP contribution in [0.1, 0.15) is 44.6 Å². The fraction of sp³-hybridized carbons (Fsp3) is 0.625. The monoisotopic (exact) mass is 283 g/mol. The fourth-order valence-electron chi connectivity index (χ4n) is 3.13. The first-order valence-electron chi connectivity index (χ1n) is 7.36. The average Bonchev–Trinajstić information content (AvgIpc) is 2.86. The third-order valence-electron chi connectivity index (χ3n) is 4.07. The van der Waals surface area contributed by atoms with Gasteiger partial charge in [-0.25, -0.2) is 4.39 Å². The van der Waals surface area contributed by atoms with E-state index < -0.39 is 0 Å². The van der Waals surface area contributed by atoms with Gasteiger partial charge < -0.3 is 5.32 Å². The summed E-state index contributed by atoms with van der Waals surface area (Å²) in [6.07, 6.45) is 7.32. The molecule has 0 spiro atoms. The molecule has 1 aromatic rings. The van der Waals surface area contributed by atoms with Crippen molar-refractivity contribution in [2.24, 2.45) is 5.92 Å². The Morgan fingerprint density at radius 2 is 2.11 bits per heavy atom. The number of likely N-dealkylation sites (N-methyl/N-ethyl adjacent to an activating group) is 1. The summed E-state index contributed by atoms with van der Waals surface area (Å²) >= 11 is 5.80. The molecule has 0 aromatic heterocycles. The van der Waals surface area contributed by atoms with Gasteiger partial charge in [0.15, 0.2) is 0 Å². The average molecular weight is 284 g/mol. The van der Waals surface area contributed by atoms with E-state index in [0.29, 0.717) is 11.1 Å². The lowest BCUT2D eigenvalue weighted by atomic mass is 9.93. The zero-order valence-electron chi connectivity index (χ0n) is 11.6. The summed E-state index contributed by atoms with van der Waals surface area (Å²) in [7, 11) is 0. The summed E-state index contributed by atoms with van der Waals surface area (Å²) in [4.78, 5) is 0. The van der Waals surface area contributed by atoms with E-state index in [9.17, 15) is 4.39 Å². The molecule has 1 aliphatic rings. The van der Waals surface area contributed by atoms with Crippen LogP contribution >= 0.6 is 11.6 Å². The minimum absolute atomic E-state index is 0.179. The molecule has 2 rings (SSSR count). The van der Waals surface area contributed by atoms with Crippen LogP contribution in [-0.4, -0.2) is 12.6 Å². The van der Waals surface area contributed by atoms with E-state index in [1.807, 2.05) is 6.07 Å². The van der Waals surface area contributed by atoms with Crippen molar-refractivity contribution in [3.8, 4) is 0 Å². The maximum Gasteiger partial charge on any atom is 0.127 e. The molecule has 0 radical (unpaired) electrons. The normalized spacial score (nSPS) is 17.8. The fourth-order valence-corrected chi connectivity index (χ4v) is 3.29. The molecule has 1 atom stereocenters. The Bertz CT molecular complexity index is 402. The van der Waals surface area contributed by atoms with Gasteiger partial charge in [0.1, 0.15) is 5.82 Å². The molecule has 0 saturated heterocycles. The van der Waals surface area contributed by atoms with Crippen molar-refractivity contribution in [3.05, 3.63) is 34.6 Å². The Kier molecular flexibility index (Phi) is 5.65. The maximum atomic E-state index is 13.9. The van der Waals surface area contributed by atoms with Crippen molar-refractivity contribution in [1.29, 1.82) is 0 Å². The molecular weight excluding hydrogens is 261 g/mol. The number of benzene rings is 1. The molecule has 1 aromatic carbocycles. The number of nitrogens with one attached hydrogen (secondary N) is 1. The minimum atomic E-state index is -0.179. The molecule has 0 amide bonds. The van der Waals surface area contributed by atoms with Crippen LogP contribution in [0.2, 0.25) is 5.02 Å². The molecule has 1 unspecified atom stereocenters. The number of rotatable bonds is 6. The van der Waals surface area contributed by atoms with Gasteiger partial charge in [-0.3, -0.25) is 0 Å². The first-order chi connectivity index (χ1) is 9.19. The van der Waals surface area contributed by atoms with Gasteiger partial charge in [-0.05, 0) is 43.0 Å². The summed E-state index contributed by atoms with van der Waals surface area (Å²) in [5.41, 5.74) is 0.772. The van der Waals surface area contributed by atoms with Crippen LogP contribution in [0.4, 0.5) is 4.39 Å². The topological polar surface area (TPSA) is 12.0 Å². The standard InChI is InChI=1S/C16H23ClFN/c1-2-19-15(9-12-5-3-4-6-12)10-13-7-8-14(17)11-16(13)18/h7-8,11-12,15,19H,2-6,9-10H2,1H3. The van der Waals surface area contributed by atoms with Gasteiger partial charge in [-0.2, -0.15) is 0 Å². The summed E-state index contributed by atoms with van der Waals surface area (Å²) in [5, 5.41) is 3.97. The highest BCUT2D eigenvalue weighted by Gasteiger charge is 2.20. The van der Waals surface area contributed by atoms with Gasteiger partial charge in [0, 0.05) is 11.1 Å². The second kappa shape index (κ2) is 7.25. The van der Waals surface area contributed by atoms with E-state index in [2.05, 4.69) is 12.2 Å². The SMILES string of the molecule is CCNC(Cc1ccc(Cl)cc1F)CC1CCCC1. The predicted octanol–water partition coefficient (Wildman–Crippen LogP) is 4.58. The molecular formula is C16H23ClFN. The number of halogens is 2. The molecule has 106 valence electrons. The van der Waals surface area contributed by atoms with Gasteiger partial charge >= 0.3 is 0 Å². The van der Waals surface area contributed by atoms with E-state index in [0.717, 1.165) is 30.9 Å². The van der Waals surface area contributed by atoms with Gasteiger partial charge in [-0.1, -0.05) is 50.3 Å². The van der Waals surface area contributed by atoms with Crippen molar-refractivity contribution >= 4 is 11.6 Å². The summed E-state index contributed by atoms with van der Waals surface area (Å²) < 4.78 is 13.9. The molecule has 1 fully saturated rings. The highest BCUT2D eigenvalue weighted by Crippen LogP contribution is 2.29. The van der Waals surface area contributed by atoms with Crippen LogP contribution in [0.3, 0.4) is 0 Å². The number of hydrogen-bond donors (Lipinski definition) is 1. The summed E-state index contributed by atoms with van der Waals surface area (Å²) in [5.74, 6) is 0.640. The molecule has 0 heterocycles. The quantitative estimate of drug-likeness (QED) is 0.806. The Morgan fingerprint density at radius 3 is 2.74 bits per heavy atom. The zero-order valence-corrected chi connectivity index (χ0v) is 12.3. The predicted molar refractivity (Wildman–Crippen MR) is 79.2 cm³/mol. The molecule has 1 nitrogen and oxygen atoms in total. The molecule has 3 heteroatoms. The molecule has 0 bridgehead atoms. The first kappa shape index (κ1) is 14.8. The second-order valence-corrected chi connectivity index (χ2v) is 6.02. The van der Waals surface area contributed by atoms with Crippen molar-refractivity contribution < 1.29 is 4.39 Å².